The summed E-state index contributed by atoms with van der Waals surface area (Å²) in [5.74, 6) is -0.165. The first-order valence-electron chi connectivity index (χ1n) is 6.60. The summed E-state index contributed by atoms with van der Waals surface area (Å²) in [7, 11) is -1.49. The number of nitrogens with zero attached hydrogens (tertiary/aromatic N) is 1. The van der Waals surface area contributed by atoms with Crippen molar-refractivity contribution in [2.75, 3.05) is 18.6 Å². The average Bonchev–Trinajstić information content (AvgIpc) is 2.84. The summed E-state index contributed by atoms with van der Waals surface area (Å²) in [4.78, 5) is 11.9. The lowest BCUT2D eigenvalue weighted by Gasteiger charge is -2.07. The Bertz CT molecular complexity index is 667. The van der Waals surface area contributed by atoms with E-state index in [1.807, 2.05) is 24.3 Å². The summed E-state index contributed by atoms with van der Waals surface area (Å²) in [6.45, 7) is 1.76. The summed E-state index contributed by atoms with van der Waals surface area (Å²) >= 11 is 0. The number of nitrogens with one attached hydrogen (secondary N) is 1. The SMILES string of the molecule is COc1cccc(/C(C)=N\NC(=O)[C@@H]2CCS(=O)(=O)C2)c1. The maximum absolute atomic E-state index is 11.9. The van der Waals surface area contributed by atoms with Crippen molar-refractivity contribution in [3.05, 3.63) is 29.8 Å². The molecule has 114 valence electrons. The van der Waals surface area contributed by atoms with Crippen LogP contribution in [0.2, 0.25) is 0 Å². The Kier molecular flexibility index (Phi) is 4.62. The van der Waals surface area contributed by atoms with Crippen molar-refractivity contribution in [1.82, 2.24) is 5.43 Å². The van der Waals surface area contributed by atoms with Crippen molar-refractivity contribution in [3.8, 4) is 5.75 Å². The fourth-order valence-corrected chi connectivity index (χ4v) is 3.89. The van der Waals surface area contributed by atoms with Gasteiger partial charge in [0.05, 0.1) is 30.2 Å². The molecule has 7 heteroatoms. The number of carbonyl (C=O) groups is 1. The molecule has 0 spiro atoms. The van der Waals surface area contributed by atoms with Gasteiger partial charge >= 0.3 is 0 Å². The highest BCUT2D eigenvalue weighted by Crippen LogP contribution is 2.18. The van der Waals surface area contributed by atoms with Crippen LogP contribution < -0.4 is 10.2 Å². The number of hydrogen-bond acceptors (Lipinski definition) is 5. The molecule has 0 unspecified atom stereocenters. The highest BCUT2D eigenvalue weighted by Gasteiger charge is 2.32. The largest absolute Gasteiger partial charge is 0.497 e. The van der Waals surface area contributed by atoms with Gasteiger partial charge in [-0.05, 0) is 25.5 Å². The number of benzene rings is 1. The van der Waals surface area contributed by atoms with Crippen LogP contribution in [0.3, 0.4) is 0 Å². The zero-order chi connectivity index (χ0) is 15.5. The van der Waals surface area contributed by atoms with E-state index in [-0.39, 0.29) is 17.4 Å². The topological polar surface area (TPSA) is 84.8 Å². The van der Waals surface area contributed by atoms with Crippen LogP contribution in [0.4, 0.5) is 0 Å². The molecule has 0 saturated carbocycles. The van der Waals surface area contributed by atoms with Gasteiger partial charge in [-0.1, -0.05) is 12.1 Å². The van der Waals surface area contributed by atoms with Crippen molar-refractivity contribution >= 4 is 21.5 Å². The van der Waals surface area contributed by atoms with Crippen molar-refractivity contribution in [2.45, 2.75) is 13.3 Å². The zero-order valence-corrected chi connectivity index (χ0v) is 12.8. The van der Waals surface area contributed by atoms with Gasteiger partial charge < -0.3 is 4.74 Å². The van der Waals surface area contributed by atoms with Crippen molar-refractivity contribution in [1.29, 1.82) is 0 Å². The molecule has 1 fully saturated rings. The van der Waals surface area contributed by atoms with Crippen LogP contribution in [0.5, 0.6) is 5.75 Å². The monoisotopic (exact) mass is 310 g/mol. The maximum atomic E-state index is 11.9. The molecule has 1 amide bonds. The minimum absolute atomic E-state index is 0.0731. The highest BCUT2D eigenvalue weighted by molar-refractivity contribution is 7.91. The standard InChI is InChI=1S/C14H18N2O4S/c1-10(11-4-3-5-13(8-11)20-2)15-16-14(17)12-6-7-21(18,19)9-12/h3-5,8,12H,6-7,9H2,1-2H3,(H,16,17)/b15-10-/t12-/m1/s1. The zero-order valence-electron chi connectivity index (χ0n) is 12.0. The smallest absolute Gasteiger partial charge is 0.244 e. The molecule has 1 aromatic carbocycles. The number of ether oxygens (including phenoxy) is 1. The van der Waals surface area contributed by atoms with Gasteiger partial charge in [-0.2, -0.15) is 5.10 Å². The van der Waals surface area contributed by atoms with Crippen LogP contribution >= 0.6 is 0 Å². The van der Waals surface area contributed by atoms with Gasteiger partial charge in [0, 0.05) is 5.56 Å². The minimum atomic E-state index is -3.07. The van der Waals surface area contributed by atoms with E-state index in [1.165, 1.54) is 0 Å². The van der Waals surface area contributed by atoms with E-state index in [2.05, 4.69) is 10.5 Å². The van der Waals surface area contributed by atoms with E-state index in [1.54, 1.807) is 14.0 Å². The van der Waals surface area contributed by atoms with Gasteiger partial charge in [-0.15, -0.1) is 0 Å². The van der Waals surface area contributed by atoms with Gasteiger partial charge in [-0.3, -0.25) is 4.79 Å². The first kappa shape index (κ1) is 15.5. The molecule has 0 aliphatic carbocycles. The quantitative estimate of drug-likeness (QED) is 0.663. The Hall–Kier alpha value is -1.89. The van der Waals surface area contributed by atoms with Crippen LogP contribution in [0.1, 0.15) is 18.9 Å². The van der Waals surface area contributed by atoms with Gasteiger partial charge in [0.1, 0.15) is 5.75 Å². The predicted octanol–water partition coefficient (Wildman–Crippen LogP) is 0.970. The Morgan fingerprint density at radius 3 is 2.81 bits per heavy atom. The van der Waals surface area contributed by atoms with Crippen LogP contribution in [0.25, 0.3) is 0 Å². The van der Waals surface area contributed by atoms with Crippen LogP contribution in [0, 0.1) is 5.92 Å². The van der Waals surface area contributed by atoms with Crippen LogP contribution in [0.15, 0.2) is 29.4 Å². The first-order chi connectivity index (χ1) is 9.91. The highest BCUT2D eigenvalue weighted by atomic mass is 32.2. The third-order valence-corrected chi connectivity index (χ3v) is 5.19. The maximum Gasteiger partial charge on any atom is 0.244 e. The number of hydrogen-bond donors (Lipinski definition) is 1. The second-order valence-corrected chi connectivity index (χ2v) is 7.23. The molecule has 0 radical (unpaired) electrons. The van der Waals surface area contributed by atoms with Crippen molar-refractivity contribution in [3.63, 3.8) is 0 Å². The molecule has 1 aliphatic heterocycles. The normalized spacial score (nSPS) is 21.0. The average molecular weight is 310 g/mol. The van der Waals surface area contributed by atoms with Crippen molar-refractivity contribution in [2.24, 2.45) is 11.0 Å². The molecule has 6 nitrogen and oxygen atoms in total. The summed E-state index contributed by atoms with van der Waals surface area (Å²) < 4.78 is 27.8. The van der Waals surface area contributed by atoms with E-state index in [0.29, 0.717) is 17.9 Å². The van der Waals surface area contributed by atoms with E-state index in [0.717, 1.165) is 5.56 Å². The molecule has 1 N–H and O–H groups in total. The molecule has 0 aromatic heterocycles. The summed E-state index contributed by atoms with van der Waals surface area (Å²) in [6, 6.07) is 7.32. The fraction of sp³-hybridized carbons (Fsp3) is 0.429. The molecule has 0 bridgehead atoms. The number of sulfone groups is 1. The Balaban J connectivity index is 2.01. The third-order valence-electron chi connectivity index (χ3n) is 3.42. The first-order valence-corrected chi connectivity index (χ1v) is 8.42. The van der Waals surface area contributed by atoms with E-state index >= 15 is 0 Å². The Morgan fingerprint density at radius 1 is 1.43 bits per heavy atom. The molecule has 1 aliphatic rings. The van der Waals surface area contributed by atoms with Gasteiger partial charge in [0.25, 0.3) is 0 Å². The molecule has 1 heterocycles. The van der Waals surface area contributed by atoms with Crippen LogP contribution in [-0.2, 0) is 14.6 Å². The van der Waals surface area contributed by atoms with Gasteiger partial charge in [-0.25, -0.2) is 13.8 Å². The molecular weight excluding hydrogens is 292 g/mol. The molecule has 2 rings (SSSR count). The lowest BCUT2D eigenvalue weighted by Crippen LogP contribution is -2.28. The lowest BCUT2D eigenvalue weighted by molar-refractivity contribution is -0.124. The summed E-state index contributed by atoms with van der Waals surface area (Å²) in [6.07, 6.45) is 0.363. The fourth-order valence-electron chi connectivity index (χ4n) is 2.14. The summed E-state index contributed by atoms with van der Waals surface area (Å²) in [5.41, 5.74) is 3.90. The Labute approximate surface area is 124 Å². The third kappa shape index (κ3) is 4.04. The Morgan fingerprint density at radius 2 is 2.19 bits per heavy atom. The second kappa shape index (κ2) is 6.26. The van der Waals surface area contributed by atoms with Crippen molar-refractivity contribution < 1.29 is 17.9 Å². The number of rotatable bonds is 4. The second-order valence-electron chi connectivity index (χ2n) is 5.01. The van der Waals surface area contributed by atoms with Crippen LogP contribution in [-0.4, -0.2) is 38.7 Å². The van der Waals surface area contributed by atoms with E-state index in [4.69, 9.17) is 4.74 Å². The predicted molar refractivity (Wildman–Crippen MR) is 80.1 cm³/mol. The number of hydrazone groups is 1. The van der Waals surface area contributed by atoms with Gasteiger partial charge in [0.2, 0.25) is 5.91 Å². The van der Waals surface area contributed by atoms with E-state index in [9.17, 15) is 13.2 Å². The molecule has 1 aromatic rings. The molecule has 21 heavy (non-hydrogen) atoms. The minimum Gasteiger partial charge on any atom is -0.497 e. The molecule has 1 atom stereocenters. The number of carbonyl (C=O) groups excluding carboxylic acids is 1. The molecule has 1 saturated heterocycles. The molecular formula is C14H18N2O4S. The van der Waals surface area contributed by atoms with Gasteiger partial charge in [0.15, 0.2) is 9.84 Å². The number of methoxy groups -OCH3 is 1. The lowest BCUT2D eigenvalue weighted by atomic mass is 10.1. The number of amides is 1. The summed E-state index contributed by atoms with van der Waals surface area (Å²) in [5, 5.41) is 4.03. The van der Waals surface area contributed by atoms with E-state index < -0.39 is 15.8 Å².